The van der Waals surface area contributed by atoms with Gasteiger partial charge >= 0.3 is 11.9 Å². The quantitative estimate of drug-likeness (QED) is 0.0204. The van der Waals surface area contributed by atoms with Gasteiger partial charge in [-0.2, -0.15) is 8.42 Å². The molecule has 1 rings (SSSR count). The van der Waals surface area contributed by atoms with Crippen molar-refractivity contribution in [3.63, 3.8) is 0 Å². The third kappa shape index (κ3) is 29.8. The van der Waals surface area contributed by atoms with Crippen LogP contribution >= 0.6 is 0 Å². The summed E-state index contributed by atoms with van der Waals surface area (Å²) in [6.45, 7) is 3.68. The van der Waals surface area contributed by atoms with Crippen LogP contribution < -0.4 is 0 Å². The zero-order valence-corrected chi connectivity index (χ0v) is 36.5. The molecule has 0 radical (unpaired) electrons. The van der Waals surface area contributed by atoms with Crippen molar-refractivity contribution in [3.8, 4) is 0 Å². The van der Waals surface area contributed by atoms with Crippen LogP contribution in [0.15, 0.2) is 48.6 Å². The molecule has 0 aromatic rings. The van der Waals surface area contributed by atoms with Gasteiger partial charge in [-0.05, 0) is 77.0 Å². The van der Waals surface area contributed by atoms with Crippen molar-refractivity contribution in [1.82, 2.24) is 0 Å². The van der Waals surface area contributed by atoms with E-state index in [0.717, 1.165) is 70.6 Å². The van der Waals surface area contributed by atoms with E-state index in [0.29, 0.717) is 12.8 Å². The first-order valence-electron chi connectivity index (χ1n) is 22.2. The molecule has 1 saturated heterocycles. The smallest absolute Gasteiger partial charge is 0.306 e. The topological polar surface area (TPSA) is 186 Å². The number of carbonyl (C=O) groups excluding carboxylic acids is 2. The van der Waals surface area contributed by atoms with Gasteiger partial charge in [0.15, 0.2) is 12.4 Å². The first-order chi connectivity index (χ1) is 28.0. The summed E-state index contributed by atoms with van der Waals surface area (Å²) in [6.07, 6.45) is 31.6. The van der Waals surface area contributed by atoms with Crippen molar-refractivity contribution in [2.24, 2.45) is 0 Å². The van der Waals surface area contributed by atoms with Gasteiger partial charge in [0.25, 0.3) is 10.1 Å². The minimum absolute atomic E-state index is 0.137. The number of esters is 2. The van der Waals surface area contributed by atoms with E-state index in [1.54, 1.807) is 0 Å². The van der Waals surface area contributed by atoms with Gasteiger partial charge in [0.05, 0.1) is 6.61 Å². The third-order valence-corrected chi connectivity index (χ3v) is 10.6. The molecule has 336 valence electrons. The average Bonchev–Trinajstić information content (AvgIpc) is 3.18. The molecule has 0 saturated carbocycles. The van der Waals surface area contributed by atoms with Gasteiger partial charge in [0.1, 0.15) is 36.8 Å². The maximum Gasteiger partial charge on any atom is 0.306 e. The van der Waals surface area contributed by atoms with Crippen molar-refractivity contribution in [2.45, 2.75) is 205 Å². The normalized spacial score (nSPS) is 20.8. The number of hydrogen-bond donors (Lipinski definition) is 4. The fraction of sp³-hybridized carbons (Fsp3) is 0.778. The van der Waals surface area contributed by atoms with Crippen molar-refractivity contribution in [3.05, 3.63) is 48.6 Å². The fourth-order valence-corrected chi connectivity index (χ4v) is 7.07. The highest BCUT2D eigenvalue weighted by molar-refractivity contribution is 7.85. The number of aliphatic hydroxyl groups is 3. The summed E-state index contributed by atoms with van der Waals surface area (Å²) in [5, 5.41) is 30.8. The van der Waals surface area contributed by atoms with E-state index in [9.17, 15) is 37.9 Å². The van der Waals surface area contributed by atoms with Crippen LogP contribution in [-0.2, 0) is 38.7 Å². The minimum Gasteiger partial charge on any atom is -0.462 e. The Hall–Kier alpha value is -2.39. The lowest BCUT2D eigenvalue weighted by Gasteiger charge is -2.40. The zero-order valence-electron chi connectivity index (χ0n) is 35.6. The van der Waals surface area contributed by atoms with Gasteiger partial charge < -0.3 is 34.3 Å². The van der Waals surface area contributed by atoms with Gasteiger partial charge in [-0.3, -0.25) is 14.1 Å². The first kappa shape index (κ1) is 53.6. The Kier molecular flexibility index (Phi) is 32.7. The van der Waals surface area contributed by atoms with Crippen molar-refractivity contribution in [2.75, 3.05) is 19.0 Å². The van der Waals surface area contributed by atoms with E-state index in [1.807, 2.05) is 0 Å². The van der Waals surface area contributed by atoms with Crippen molar-refractivity contribution < 1.29 is 56.8 Å². The lowest BCUT2D eigenvalue weighted by atomic mass is 10.00. The highest BCUT2D eigenvalue weighted by atomic mass is 32.2. The van der Waals surface area contributed by atoms with E-state index in [2.05, 4.69) is 62.5 Å². The first-order valence-corrected chi connectivity index (χ1v) is 23.8. The summed E-state index contributed by atoms with van der Waals surface area (Å²) in [6, 6.07) is 0. The molecule has 0 aliphatic carbocycles. The van der Waals surface area contributed by atoms with Gasteiger partial charge in [-0.15, -0.1) is 0 Å². The van der Waals surface area contributed by atoms with Gasteiger partial charge in [-0.1, -0.05) is 127 Å². The molecule has 1 aliphatic heterocycles. The molecule has 2 unspecified atom stereocenters. The molecule has 58 heavy (non-hydrogen) atoms. The summed E-state index contributed by atoms with van der Waals surface area (Å²) < 4.78 is 54.0. The Labute approximate surface area is 350 Å². The van der Waals surface area contributed by atoms with Gasteiger partial charge in [0.2, 0.25) is 0 Å². The SMILES string of the molecule is CCCCC/C=C/C/C=C/C/C=C/CCCCCCC(=O)OC[C@H](CO[C@H]1O[C@H](CS(=O)(=O)O)[C@@H](O)C(O)C1O)OC(=O)CCCCC/C=C/CCCCCCCC. The molecule has 0 aromatic heterocycles. The monoisotopic (exact) mass is 843 g/mol. The minimum atomic E-state index is -4.61. The second-order valence-corrected chi connectivity index (χ2v) is 16.9. The van der Waals surface area contributed by atoms with Crippen LogP contribution in [0.5, 0.6) is 0 Å². The summed E-state index contributed by atoms with van der Waals surface area (Å²) >= 11 is 0. The number of hydrogen-bond acceptors (Lipinski definition) is 11. The van der Waals surface area contributed by atoms with E-state index < -0.39 is 71.2 Å². The molecular formula is C45H78O12S. The van der Waals surface area contributed by atoms with Gasteiger partial charge in [0, 0.05) is 12.8 Å². The number of rotatable bonds is 36. The lowest BCUT2D eigenvalue weighted by Crippen LogP contribution is -2.60. The molecule has 0 spiro atoms. The van der Waals surface area contributed by atoms with Crippen molar-refractivity contribution in [1.29, 1.82) is 0 Å². The third-order valence-electron chi connectivity index (χ3n) is 9.88. The van der Waals surface area contributed by atoms with Crippen LogP contribution in [0.2, 0.25) is 0 Å². The fourth-order valence-electron chi connectivity index (χ4n) is 6.38. The summed E-state index contributed by atoms with van der Waals surface area (Å²) in [5.41, 5.74) is 0. The molecular weight excluding hydrogens is 765 g/mol. The summed E-state index contributed by atoms with van der Waals surface area (Å²) in [7, 11) is -4.61. The number of ether oxygens (including phenoxy) is 4. The molecule has 0 amide bonds. The molecule has 1 aliphatic rings. The van der Waals surface area contributed by atoms with Gasteiger partial charge in [-0.25, -0.2) is 0 Å². The molecule has 1 fully saturated rings. The zero-order chi connectivity index (χ0) is 42.7. The Morgan fingerprint density at radius 1 is 0.586 bits per heavy atom. The highest BCUT2D eigenvalue weighted by Gasteiger charge is 2.46. The Morgan fingerprint density at radius 2 is 1.03 bits per heavy atom. The predicted octanol–water partition coefficient (Wildman–Crippen LogP) is 8.78. The highest BCUT2D eigenvalue weighted by Crippen LogP contribution is 2.24. The maximum atomic E-state index is 12.8. The standard InChI is InChI=1S/C45H78O12S/c1-3-5-7-9-11-13-15-17-18-19-20-22-23-25-27-29-31-33-40(46)54-35-38(36-55-45-44(50)43(49)42(48)39(57-45)37-58(51,52)53)56-41(47)34-32-30-28-26-24-21-16-14-12-10-8-6-4-2/h11,13,17-18,20-22,24,38-39,42-45,48-50H,3-10,12,14-16,19,23,25-37H2,1-2H3,(H,51,52,53)/b13-11+,18-17+,22-20+,24-21+/t38-,39-,42-,43?,44?,45+/m1/s1. The second-order valence-electron chi connectivity index (χ2n) is 15.4. The number of carbonyl (C=O) groups is 2. The molecule has 0 aromatic carbocycles. The molecule has 13 heteroatoms. The van der Waals surface area contributed by atoms with Crippen LogP contribution in [0.4, 0.5) is 0 Å². The lowest BCUT2D eigenvalue weighted by molar-refractivity contribution is -0.297. The van der Waals surface area contributed by atoms with Crippen LogP contribution in [0, 0.1) is 0 Å². The van der Waals surface area contributed by atoms with Crippen LogP contribution in [0.1, 0.15) is 168 Å². The van der Waals surface area contributed by atoms with E-state index in [-0.39, 0.29) is 19.4 Å². The van der Waals surface area contributed by atoms with E-state index in [4.69, 9.17) is 18.9 Å². The molecule has 1 heterocycles. The largest absolute Gasteiger partial charge is 0.462 e. The summed E-state index contributed by atoms with van der Waals surface area (Å²) in [5.74, 6) is -2.04. The molecule has 4 N–H and O–H groups in total. The Balaban J connectivity index is 2.49. The molecule has 12 nitrogen and oxygen atoms in total. The Bertz CT molecular complexity index is 1260. The number of aliphatic hydroxyl groups excluding tert-OH is 3. The number of unbranched alkanes of at least 4 members (excludes halogenated alkanes) is 16. The van der Waals surface area contributed by atoms with Crippen molar-refractivity contribution >= 4 is 22.1 Å². The van der Waals surface area contributed by atoms with E-state index >= 15 is 0 Å². The maximum absolute atomic E-state index is 12.8. The molecule has 6 atom stereocenters. The van der Waals surface area contributed by atoms with Crippen LogP contribution in [-0.4, -0.2) is 96.0 Å². The molecule has 0 bridgehead atoms. The predicted molar refractivity (Wildman–Crippen MR) is 229 cm³/mol. The summed E-state index contributed by atoms with van der Waals surface area (Å²) in [4.78, 5) is 25.4. The second kappa shape index (κ2) is 35.4. The number of allylic oxidation sites excluding steroid dienone is 8. The Morgan fingerprint density at radius 3 is 1.60 bits per heavy atom. The van der Waals surface area contributed by atoms with Crippen LogP contribution in [0.25, 0.3) is 0 Å². The average molecular weight is 843 g/mol. The van der Waals surface area contributed by atoms with E-state index in [1.165, 1.54) is 57.8 Å². The van der Waals surface area contributed by atoms with Crippen LogP contribution in [0.3, 0.4) is 0 Å².